The molecule has 0 atom stereocenters. The van der Waals surface area contributed by atoms with Crippen molar-refractivity contribution in [1.82, 2.24) is 20.1 Å². The summed E-state index contributed by atoms with van der Waals surface area (Å²) in [5.74, 6) is 0.191. The van der Waals surface area contributed by atoms with Gasteiger partial charge in [-0.15, -0.1) is 10.2 Å². The smallest absolute Gasteiger partial charge is 0.266 e. The number of amides is 3. The fourth-order valence-corrected chi connectivity index (χ4v) is 5.22. The van der Waals surface area contributed by atoms with Gasteiger partial charge in [-0.3, -0.25) is 23.7 Å². The average molecular weight is 556 g/mol. The minimum absolute atomic E-state index is 0.0472. The molecule has 3 amide bonds. The first-order valence-corrected chi connectivity index (χ1v) is 13.4. The Bertz CT molecular complexity index is 1580. The first-order chi connectivity index (χ1) is 19.4. The van der Waals surface area contributed by atoms with Crippen LogP contribution < -0.4 is 15.0 Å². The van der Waals surface area contributed by atoms with Crippen molar-refractivity contribution in [3.8, 4) is 11.4 Å². The third-order valence-electron chi connectivity index (χ3n) is 6.31. The summed E-state index contributed by atoms with van der Waals surface area (Å²) in [6, 6.07) is 20.5. The van der Waals surface area contributed by atoms with E-state index in [1.165, 1.54) is 18.7 Å². The number of anilines is 1. The summed E-state index contributed by atoms with van der Waals surface area (Å²) in [5.41, 5.74) is 2.16. The fraction of sp³-hybridized carbons (Fsp3) is 0.172. The van der Waals surface area contributed by atoms with Crippen molar-refractivity contribution in [1.29, 1.82) is 0 Å². The molecule has 0 unspecified atom stereocenters. The van der Waals surface area contributed by atoms with Crippen molar-refractivity contribution in [2.45, 2.75) is 18.5 Å². The van der Waals surface area contributed by atoms with Gasteiger partial charge in [-0.1, -0.05) is 36.0 Å². The molecule has 1 aliphatic rings. The lowest BCUT2D eigenvalue weighted by molar-refractivity contribution is -0.118. The average Bonchev–Trinajstić information content (AvgIpc) is 3.49. The number of hydrogen-bond acceptors (Lipinski definition) is 8. The number of carbonyl (C=O) groups excluding carboxylic acids is 4. The highest BCUT2D eigenvalue weighted by atomic mass is 32.2. The predicted octanol–water partition coefficient (Wildman–Crippen LogP) is 3.73. The van der Waals surface area contributed by atoms with E-state index in [0.717, 1.165) is 10.6 Å². The zero-order chi connectivity index (χ0) is 28.2. The monoisotopic (exact) mass is 555 g/mol. The van der Waals surface area contributed by atoms with E-state index < -0.39 is 11.8 Å². The van der Waals surface area contributed by atoms with Crippen molar-refractivity contribution in [3.63, 3.8) is 0 Å². The van der Waals surface area contributed by atoms with Gasteiger partial charge in [0.2, 0.25) is 5.91 Å². The number of nitrogens with one attached hydrogen (secondary N) is 1. The molecule has 11 heteroatoms. The molecule has 3 aromatic carbocycles. The maximum atomic E-state index is 13.2. The number of imide groups is 1. The Balaban J connectivity index is 1.35. The number of hydrogen-bond donors (Lipinski definition) is 1. The number of Topliss-reactive ketones (excluding diaryl/α,β-unsaturated/α-hetero) is 1. The third kappa shape index (κ3) is 5.36. The first kappa shape index (κ1) is 26.8. The molecule has 0 spiro atoms. The second-order valence-electron chi connectivity index (χ2n) is 8.92. The van der Waals surface area contributed by atoms with Gasteiger partial charge in [0.25, 0.3) is 11.8 Å². The van der Waals surface area contributed by atoms with Gasteiger partial charge in [0.1, 0.15) is 11.6 Å². The van der Waals surface area contributed by atoms with E-state index in [0.29, 0.717) is 52.1 Å². The molecule has 1 aliphatic heterocycles. The largest absolute Gasteiger partial charge is 0.497 e. The van der Waals surface area contributed by atoms with Crippen molar-refractivity contribution in [2.75, 3.05) is 24.3 Å². The summed E-state index contributed by atoms with van der Waals surface area (Å²) in [5, 5.41) is 11.9. The third-order valence-corrected chi connectivity index (χ3v) is 7.24. The van der Waals surface area contributed by atoms with Crippen LogP contribution in [0.5, 0.6) is 5.75 Å². The van der Waals surface area contributed by atoms with Crippen LogP contribution in [0.4, 0.5) is 5.69 Å². The lowest BCUT2D eigenvalue weighted by Gasteiger charge is -2.15. The highest BCUT2D eigenvalue weighted by molar-refractivity contribution is 7.99. The standard InChI is InChI=1S/C29H25N5O5S/c1-18(35)30-15-14-26-31-32-29(33(26)20-10-12-22(39-2)13-11-20)40-17-25(36)19-6-5-7-21(16-19)34-27(37)23-8-3-4-9-24(23)28(34)38/h3-13,16H,14-15,17H2,1-2H3,(H,30,35). The Morgan fingerprint density at radius 1 is 0.900 bits per heavy atom. The van der Waals surface area contributed by atoms with Gasteiger partial charge in [-0.2, -0.15) is 0 Å². The van der Waals surface area contributed by atoms with Crippen LogP contribution in [0.1, 0.15) is 43.8 Å². The lowest BCUT2D eigenvalue weighted by Crippen LogP contribution is -2.29. The molecule has 5 rings (SSSR count). The van der Waals surface area contributed by atoms with Gasteiger partial charge >= 0.3 is 0 Å². The van der Waals surface area contributed by atoms with Gasteiger partial charge in [0.15, 0.2) is 10.9 Å². The van der Waals surface area contributed by atoms with Crippen LogP contribution in [0.15, 0.2) is 78.0 Å². The molecule has 1 aromatic heterocycles. The molecule has 0 aliphatic carbocycles. The van der Waals surface area contributed by atoms with Crippen LogP contribution >= 0.6 is 11.8 Å². The maximum absolute atomic E-state index is 13.2. The molecule has 202 valence electrons. The number of rotatable bonds is 10. The zero-order valence-electron chi connectivity index (χ0n) is 21.8. The number of methoxy groups -OCH3 is 1. The van der Waals surface area contributed by atoms with E-state index in [4.69, 9.17) is 4.74 Å². The molecule has 0 radical (unpaired) electrons. The van der Waals surface area contributed by atoms with E-state index in [9.17, 15) is 19.2 Å². The predicted molar refractivity (Wildman–Crippen MR) is 149 cm³/mol. The number of thioether (sulfide) groups is 1. The molecule has 40 heavy (non-hydrogen) atoms. The Labute approximate surface area is 234 Å². The summed E-state index contributed by atoms with van der Waals surface area (Å²) in [6.45, 7) is 1.84. The van der Waals surface area contributed by atoms with Crippen molar-refractivity contribution < 1.29 is 23.9 Å². The van der Waals surface area contributed by atoms with E-state index in [1.807, 2.05) is 28.8 Å². The van der Waals surface area contributed by atoms with Gasteiger partial charge < -0.3 is 10.1 Å². The molecular weight excluding hydrogens is 530 g/mol. The van der Waals surface area contributed by atoms with E-state index in [1.54, 1.807) is 55.6 Å². The van der Waals surface area contributed by atoms with Crippen LogP contribution in [-0.4, -0.2) is 57.7 Å². The SMILES string of the molecule is COc1ccc(-n2c(CCNC(C)=O)nnc2SCC(=O)c2cccc(N3C(=O)c4ccccc4C3=O)c2)cc1. The Hall–Kier alpha value is -4.77. The molecule has 0 fully saturated rings. The van der Waals surface area contributed by atoms with Crippen LogP contribution in [0.25, 0.3) is 5.69 Å². The van der Waals surface area contributed by atoms with E-state index in [-0.39, 0.29) is 17.4 Å². The van der Waals surface area contributed by atoms with Crippen molar-refractivity contribution in [3.05, 3.63) is 95.3 Å². The van der Waals surface area contributed by atoms with Crippen LogP contribution in [-0.2, 0) is 11.2 Å². The minimum atomic E-state index is -0.418. The molecule has 0 saturated heterocycles. The topological polar surface area (TPSA) is 123 Å². The molecule has 2 heterocycles. The highest BCUT2D eigenvalue weighted by Crippen LogP contribution is 2.30. The zero-order valence-corrected chi connectivity index (χ0v) is 22.6. The van der Waals surface area contributed by atoms with Gasteiger partial charge in [0.05, 0.1) is 29.7 Å². The van der Waals surface area contributed by atoms with Crippen LogP contribution in [0.2, 0.25) is 0 Å². The summed E-state index contributed by atoms with van der Waals surface area (Å²) in [4.78, 5) is 51.4. The van der Waals surface area contributed by atoms with E-state index in [2.05, 4.69) is 15.5 Å². The molecule has 10 nitrogen and oxygen atoms in total. The number of fused-ring (bicyclic) bond motifs is 1. The Morgan fingerprint density at radius 3 is 2.25 bits per heavy atom. The quantitative estimate of drug-likeness (QED) is 0.178. The van der Waals surface area contributed by atoms with Crippen molar-refractivity contribution >= 4 is 41.0 Å². The number of nitrogens with zero attached hydrogens (tertiary/aromatic N) is 4. The lowest BCUT2D eigenvalue weighted by atomic mass is 10.1. The number of ether oxygens (including phenoxy) is 1. The second-order valence-corrected chi connectivity index (χ2v) is 9.86. The summed E-state index contributed by atoms with van der Waals surface area (Å²) >= 11 is 1.22. The number of benzene rings is 3. The molecular formula is C29H25N5O5S. The molecule has 1 N–H and O–H groups in total. The summed E-state index contributed by atoms with van der Waals surface area (Å²) < 4.78 is 7.10. The Morgan fingerprint density at radius 2 is 1.60 bits per heavy atom. The minimum Gasteiger partial charge on any atom is -0.497 e. The second kappa shape index (κ2) is 11.5. The van der Waals surface area contributed by atoms with Gasteiger partial charge in [-0.25, -0.2) is 4.90 Å². The fourth-order valence-electron chi connectivity index (χ4n) is 4.35. The van der Waals surface area contributed by atoms with Gasteiger partial charge in [-0.05, 0) is 48.5 Å². The number of carbonyl (C=O) groups is 4. The van der Waals surface area contributed by atoms with E-state index >= 15 is 0 Å². The first-order valence-electron chi connectivity index (χ1n) is 12.4. The van der Waals surface area contributed by atoms with Gasteiger partial charge in [0, 0.05) is 31.1 Å². The maximum Gasteiger partial charge on any atom is 0.266 e. The molecule has 0 saturated carbocycles. The number of aromatic nitrogens is 3. The highest BCUT2D eigenvalue weighted by Gasteiger charge is 2.36. The van der Waals surface area contributed by atoms with Crippen LogP contribution in [0.3, 0.4) is 0 Å². The summed E-state index contributed by atoms with van der Waals surface area (Å²) in [7, 11) is 1.59. The number of ketones is 1. The van der Waals surface area contributed by atoms with Crippen LogP contribution in [0, 0.1) is 0 Å². The normalized spacial score (nSPS) is 12.4. The Kier molecular flexibility index (Phi) is 7.74. The molecule has 4 aromatic rings. The molecule has 0 bridgehead atoms. The van der Waals surface area contributed by atoms with Crippen molar-refractivity contribution in [2.24, 2.45) is 0 Å². The summed E-state index contributed by atoms with van der Waals surface area (Å²) in [6.07, 6.45) is 0.440.